The lowest BCUT2D eigenvalue weighted by atomic mass is 10.2. The minimum atomic E-state index is -0.355. The van der Waals surface area contributed by atoms with Gasteiger partial charge >= 0.3 is 0 Å². The molecular weight excluding hydrogens is 388 g/mol. The van der Waals surface area contributed by atoms with Crippen molar-refractivity contribution >= 4 is 45.8 Å². The van der Waals surface area contributed by atoms with E-state index in [1.54, 1.807) is 11.8 Å². The van der Waals surface area contributed by atoms with Crippen molar-refractivity contribution in [1.29, 1.82) is 0 Å². The molecule has 0 unspecified atom stereocenters. The predicted octanol–water partition coefficient (Wildman–Crippen LogP) is 5.16. The fourth-order valence-corrected chi connectivity index (χ4v) is 6.99. The Balaban J connectivity index is 1.91. The van der Waals surface area contributed by atoms with E-state index < -0.39 is 0 Å². The number of fused-ring (bicyclic) bond motifs is 2. The summed E-state index contributed by atoms with van der Waals surface area (Å²) >= 11 is 1.77. The lowest BCUT2D eigenvalue weighted by molar-refractivity contribution is -0.115. The molecule has 0 fully saturated rings. The van der Waals surface area contributed by atoms with Crippen LogP contribution < -0.4 is 10.6 Å². The fraction of sp³-hybridized carbons (Fsp3) is 0.0909. The summed E-state index contributed by atoms with van der Waals surface area (Å²) in [5, 5.41) is 5.75. The Kier molecular flexibility index (Phi) is 5.15. The molecule has 4 nitrogen and oxygen atoms in total. The highest BCUT2D eigenvalue weighted by molar-refractivity contribution is 8.04. The second-order valence-electron chi connectivity index (χ2n) is 6.38. The number of carbonyl (C=O) groups excluding carboxylic acids is 2. The van der Waals surface area contributed by atoms with E-state index in [2.05, 4.69) is 59.2 Å². The molecule has 0 bridgehead atoms. The summed E-state index contributed by atoms with van der Waals surface area (Å²) in [6.07, 6.45) is 0. The van der Waals surface area contributed by atoms with Crippen LogP contribution in [0.1, 0.15) is 13.8 Å². The highest BCUT2D eigenvalue weighted by atomic mass is 32.2. The minimum Gasteiger partial charge on any atom is -0.326 e. The van der Waals surface area contributed by atoms with Gasteiger partial charge < -0.3 is 10.6 Å². The molecule has 3 aromatic carbocycles. The molecule has 0 aromatic heterocycles. The van der Waals surface area contributed by atoms with Gasteiger partial charge in [0, 0.05) is 19.5 Å². The third kappa shape index (κ3) is 3.66. The van der Waals surface area contributed by atoms with Crippen molar-refractivity contribution in [2.45, 2.75) is 38.3 Å². The molecule has 140 valence electrons. The predicted molar refractivity (Wildman–Crippen MR) is 114 cm³/mol. The van der Waals surface area contributed by atoms with Crippen LogP contribution in [0.5, 0.6) is 0 Å². The number of hydrogen-bond donors (Lipinski definition) is 2. The molecule has 0 radical (unpaired) electrons. The number of anilines is 2. The van der Waals surface area contributed by atoms with Crippen molar-refractivity contribution in [1.82, 2.24) is 0 Å². The standard InChI is InChI=1S/C22H18N2O2S2/c1-14(25)23-16-11-12-20(17(13-16)24-15(2)26)28-21-9-5-3-7-18(21)27-19-8-4-6-10-22(19)28/h3-13H,1-2H3,(H-,23,24,25,26)/p+1. The number of carbonyl (C=O) groups is 2. The van der Waals surface area contributed by atoms with Gasteiger partial charge in [-0.05, 0) is 42.5 Å². The maximum atomic E-state index is 11.9. The highest BCUT2D eigenvalue weighted by Gasteiger charge is 2.39. The zero-order valence-electron chi connectivity index (χ0n) is 15.5. The molecule has 1 aliphatic heterocycles. The first-order valence-corrected chi connectivity index (χ1v) is 10.9. The molecule has 2 N–H and O–H groups in total. The number of rotatable bonds is 3. The summed E-state index contributed by atoms with van der Waals surface area (Å²) in [5.74, 6) is -0.286. The van der Waals surface area contributed by atoms with Crippen molar-refractivity contribution in [2.24, 2.45) is 0 Å². The molecule has 0 spiro atoms. The fourth-order valence-electron chi connectivity index (χ4n) is 3.16. The van der Waals surface area contributed by atoms with E-state index in [9.17, 15) is 9.59 Å². The molecule has 6 heteroatoms. The smallest absolute Gasteiger partial charge is 0.221 e. The van der Waals surface area contributed by atoms with Crippen LogP contribution in [0.3, 0.4) is 0 Å². The van der Waals surface area contributed by atoms with Crippen LogP contribution in [-0.2, 0) is 20.5 Å². The average molecular weight is 408 g/mol. The quantitative estimate of drug-likeness (QED) is 0.461. The first-order valence-electron chi connectivity index (χ1n) is 8.82. The minimum absolute atomic E-state index is 0.141. The second kappa shape index (κ2) is 7.73. The van der Waals surface area contributed by atoms with Crippen LogP contribution in [0.15, 0.2) is 91.2 Å². The molecule has 0 saturated heterocycles. The van der Waals surface area contributed by atoms with Crippen LogP contribution in [0.4, 0.5) is 11.4 Å². The molecule has 1 heterocycles. The molecule has 3 aromatic rings. The number of hydrogen-bond acceptors (Lipinski definition) is 3. The van der Waals surface area contributed by atoms with Crippen LogP contribution >= 0.6 is 11.8 Å². The van der Waals surface area contributed by atoms with Gasteiger partial charge in [0.15, 0.2) is 14.7 Å². The van der Waals surface area contributed by atoms with Crippen LogP contribution in [0, 0.1) is 0 Å². The summed E-state index contributed by atoms with van der Waals surface area (Å²) in [4.78, 5) is 29.3. The van der Waals surface area contributed by atoms with Crippen molar-refractivity contribution < 1.29 is 9.59 Å². The van der Waals surface area contributed by atoms with E-state index >= 15 is 0 Å². The Morgan fingerprint density at radius 2 is 1.32 bits per heavy atom. The Morgan fingerprint density at radius 1 is 0.750 bits per heavy atom. The van der Waals surface area contributed by atoms with Crippen LogP contribution in [-0.4, -0.2) is 11.8 Å². The molecule has 0 aliphatic carbocycles. The molecule has 2 amide bonds. The molecule has 1 aliphatic rings. The van der Waals surface area contributed by atoms with Gasteiger partial charge in [0.2, 0.25) is 11.8 Å². The lowest BCUT2D eigenvalue weighted by Gasteiger charge is -2.20. The van der Waals surface area contributed by atoms with Gasteiger partial charge in [-0.3, -0.25) is 9.59 Å². The zero-order chi connectivity index (χ0) is 19.7. The maximum Gasteiger partial charge on any atom is 0.221 e. The average Bonchev–Trinajstić information content (AvgIpc) is 2.66. The number of benzene rings is 3. The molecule has 28 heavy (non-hydrogen) atoms. The summed E-state index contributed by atoms with van der Waals surface area (Å²) < 4.78 is 0. The SMILES string of the molecule is CC(=O)Nc1ccc([S+]2c3ccccc3Sc3ccccc32)c(NC(C)=O)c1. The van der Waals surface area contributed by atoms with Gasteiger partial charge in [-0.2, -0.15) is 0 Å². The van der Waals surface area contributed by atoms with E-state index in [1.165, 1.54) is 33.4 Å². The van der Waals surface area contributed by atoms with Gasteiger partial charge in [-0.25, -0.2) is 0 Å². The number of nitrogens with one attached hydrogen (secondary N) is 2. The topological polar surface area (TPSA) is 58.2 Å². The Bertz CT molecular complexity index is 1040. The van der Waals surface area contributed by atoms with Crippen molar-refractivity contribution in [2.75, 3.05) is 10.6 Å². The van der Waals surface area contributed by atoms with Gasteiger partial charge in [0.1, 0.15) is 10.9 Å². The third-order valence-electron chi connectivity index (χ3n) is 4.19. The van der Waals surface area contributed by atoms with Gasteiger partial charge in [-0.1, -0.05) is 36.0 Å². The normalized spacial score (nSPS) is 12.6. The van der Waals surface area contributed by atoms with Gasteiger partial charge in [0.05, 0.1) is 15.5 Å². The van der Waals surface area contributed by atoms with Crippen molar-refractivity contribution in [3.8, 4) is 0 Å². The zero-order valence-corrected chi connectivity index (χ0v) is 17.1. The lowest BCUT2D eigenvalue weighted by Crippen LogP contribution is -2.16. The van der Waals surface area contributed by atoms with Crippen molar-refractivity contribution in [3.63, 3.8) is 0 Å². The molecule has 0 saturated carbocycles. The van der Waals surface area contributed by atoms with E-state index in [1.807, 2.05) is 18.2 Å². The van der Waals surface area contributed by atoms with Crippen molar-refractivity contribution in [3.05, 3.63) is 66.7 Å². The summed E-state index contributed by atoms with van der Waals surface area (Å²) in [5.41, 5.74) is 1.38. The summed E-state index contributed by atoms with van der Waals surface area (Å²) in [7, 11) is -0.355. The Morgan fingerprint density at radius 3 is 1.89 bits per heavy atom. The highest BCUT2D eigenvalue weighted by Crippen LogP contribution is 2.49. The van der Waals surface area contributed by atoms with E-state index in [0.29, 0.717) is 5.69 Å². The maximum absolute atomic E-state index is 11.9. The molecular formula is C22H19N2O2S2+. The second-order valence-corrected chi connectivity index (χ2v) is 9.39. The van der Waals surface area contributed by atoms with Crippen LogP contribution in [0.25, 0.3) is 0 Å². The van der Waals surface area contributed by atoms with Gasteiger partial charge in [-0.15, -0.1) is 0 Å². The largest absolute Gasteiger partial charge is 0.326 e. The van der Waals surface area contributed by atoms with Gasteiger partial charge in [0.25, 0.3) is 0 Å². The molecule has 0 atom stereocenters. The Labute approximate surface area is 171 Å². The number of amides is 2. The van der Waals surface area contributed by atoms with E-state index in [-0.39, 0.29) is 22.7 Å². The molecule has 4 rings (SSSR count). The monoisotopic (exact) mass is 407 g/mol. The summed E-state index contributed by atoms with van der Waals surface area (Å²) in [6.45, 7) is 2.97. The first kappa shape index (κ1) is 18.7. The van der Waals surface area contributed by atoms with Crippen LogP contribution in [0.2, 0.25) is 0 Å². The van der Waals surface area contributed by atoms with E-state index in [0.717, 1.165) is 10.6 Å². The third-order valence-corrected chi connectivity index (χ3v) is 7.99. The Hall–Kier alpha value is -2.70. The summed E-state index contributed by atoms with van der Waals surface area (Å²) in [6, 6.07) is 22.5. The van der Waals surface area contributed by atoms with E-state index in [4.69, 9.17) is 0 Å². The first-order chi connectivity index (χ1) is 13.5.